The fraction of sp³-hybridized carbons (Fsp3) is 0.333. The molecule has 2 aromatic rings. The summed E-state index contributed by atoms with van der Waals surface area (Å²) in [6.45, 7) is 2.22. The van der Waals surface area contributed by atoms with Gasteiger partial charge < -0.3 is 5.32 Å². The molecule has 1 aromatic heterocycles. The molecule has 0 amide bonds. The molecule has 0 saturated carbocycles. The largest absolute Gasteiger partial charge is 0.316 e. The summed E-state index contributed by atoms with van der Waals surface area (Å²) in [5, 5.41) is 5.72. The van der Waals surface area contributed by atoms with Crippen LogP contribution in [0.4, 0.5) is 0 Å². The lowest BCUT2D eigenvalue weighted by Crippen LogP contribution is -2.33. The molecule has 1 nitrogen and oxygen atoms in total. The van der Waals surface area contributed by atoms with Gasteiger partial charge in [-0.25, -0.2) is 0 Å². The highest BCUT2D eigenvalue weighted by Crippen LogP contribution is 2.39. The van der Waals surface area contributed by atoms with E-state index < -0.39 is 0 Å². The molecule has 1 aliphatic rings. The van der Waals surface area contributed by atoms with E-state index in [4.69, 9.17) is 0 Å². The van der Waals surface area contributed by atoms with Gasteiger partial charge in [0.25, 0.3) is 0 Å². The van der Waals surface area contributed by atoms with Crippen molar-refractivity contribution in [2.75, 3.05) is 13.1 Å². The highest BCUT2D eigenvalue weighted by atomic mass is 79.9. The lowest BCUT2D eigenvalue weighted by Gasteiger charge is -2.32. The molecule has 2 heterocycles. The zero-order valence-corrected chi connectivity index (χ0v) is 12.5. The lowest BCUT2D eigenvalue weighted by molar-refractivity contribution is 0.408. The van der Waals surface area contributed by atoms with Crippen molar-refractivity contribution >= 4 is 27.3 Å². The number of halogens is 1. The minimum Gasteiger partial charge on any atom is -0.316 e. The molecule has 18 heavy (non-hydrogen) atoms. The fourth-order valence-corrected chi connectivity index (χ4v) is 3.95. The summed E-state index contributed by atoms with van der Waals surface area (Å²) in [4.78, 5) is 1.53. The molecule has 1 aliphatic heterocycles. The van der Waals surface area contributed by atoms with Crippen molar-refractivity contribution in [2.24, 2.45) is 0 Å². The quantitative estimate of drug-likeness (QED) is 0.866. The van der Waals surface area contributed by atoms with Crippen LogP contribution in [0.5, 0.6) is 0 Å². The standard InChI is InChI=1S/C15H16BrNS/c16-12-5-3-11(4-6-12)14-10-17-8-7-13(14)15-2-1-9-18-15/h1-6,9,13-14,17H,7-8,10H2. The van der Waals surface area contributed by atoms with Crippen molar-refractivity contribution in [3.8, 4) is 0 Å². The molecule has 2 unspecified atom stereocenters. The van der Waals surface area contributed by atoms with Crippen LogP contribution in [0.3, 0.4) is 0 Å². The molecule has 3 heteroatoms. The van der Waals surface area contributed by atoms with Gasteiger partial charge in [0, 0.05) is 27.7 Å². The Morgan fingerprint density at radius 1 is 1.11 bits per heavy atom. The molecule has 1 N–H and O–H groups in total. The summed E-state index contributed by atoms with van der Waals surface area (Å²) < 4.78 is 1.16. The van der Waals surface area contributed by atoms with Gasteiger partial charge in [0.05, 0.1) is 0 Å². The van der Waals surface area contributed by atoms with Gasteiger partial charge in [-0.2, -0.15) is 0 Å². The SMILES string of the molecule is Brc1ccc(C2CNCCC2c2cccs2)cc1. The minimum absolute atomic E-state index is 0.602. The Morgan fingerprint density at radius 3 is 2.67 bits per heavy atom. The number of hydrogen-bond donors (Lipinski definition) is 1. The van der Waals surface area contributed by atoms with Crippen molar-refractivity contribution < 1.29 is 0 Å². The number of benzene rings is 1. The molecule has 2 atom stereocenters. The minimum atomic E-state index is 0.602. The molecule has 1 aromatic carbocycles. The maximum atomic E-state index is 3.53. The maximum absolute atomic E-state index is 3.53. The molecule has 1 fully saturated rings. The van der Waals surface area contributed by atoms with E-state index >= 15 is 0 Å². The van der Waals surface area contributed by atoms with Crippen LogP contribution in [0.2, 0.25) is 0 Å². The lowest BCUT2D eigenvalue weighted by atomic mass is 9.80. The van der Waals surface area contributed by atoms with E-state index in [0.717, 1.165) is 17.6 Å². The zero-order valence-electron chi connectivity index (χ0n) is 10.1. The Balaban J connectivity index is 1.90. The second kappa shape index (κ2) is 5.55. The number of hydrogen-bond acceptors (Lipinski definition) is 2. The van der Waals surface area contributed by atoms with Crippen LogP contribution < -0.4 is 5.32 Å². The highest BCUT2D eigenvalue weighted by molar-refractivity contribution is 9.10. The first kappa shape index (κ1) is 12.4. The summed E-state index contributed by atoms with van der Waals surface area (Å²) >= 11 is 5.40. The van der Waals surface area contributed by atoms with Gasteiger partial charge in [-0.3, -0.25) is 0 Å². The van der Waals surface area contributed by atoms with Crippen LogP contribution in [0, 0.1) is 0 Å². The molecule has 0 radical (unpaired) electrons. The van der Waals surface area contributed by atoms with E-state index in [9.17, 15) is 0 Å². The van der Waals surface area contributed by atoms with Crippen molar-refractivity contribution in [1.29, 1.82) is 0 Å². The van der Waals surface area contributed by atoms with Gasteiger partial charge in [0.1, 0.15) is 0 Å². The molecule has 0 aliphatic carbocycles. The van der Waals surface area contributed by atoms with Crippen LogP contribution in [-0.4, -0.2) is 13.1 Å². The molecule has 3 rings (SSSR count). The van der Waals surface area contributed by atoms with Gasteiger partial charge in [-0.1, -0.05) is 34.1 Å². The van der Waals surface area contributed by atoms with Crippen LogP contribution in [0.1, 0.15) is 28.7 Å². The van der Waals surface area contributed by atoms with Crippen LogP contribution in [-0.2, 0) is 0 Å². The molecule has 1 saturated heterocycles. The Labute approximate surface area is 120 Å². The second-order valence-electron chi connectivity index (χ2n) is 4.77. The first-order valence-electron chi connectivity index (χ1n) is 6.34. The van der Waals surface area contributed by atoms with E-state index in [1.165, 1.54) is 16.9 Å². The summed E-state index contributed by atoms with van der Waals surface area (Å²) in [7, 11) is 0. The fourth-order valence-electron chi connectivity index (χ4n) is 2.76. The van der Waals surface area contributed by atoms with Gasteiger partial charge in [0.15, 0.2) is 0 Å². The number of rotatable bonds is 2. The van der Waals surface area contributed by atoms with Crippen molar-refractivity contribution in [1.82, 2.24) is 5.32 Å². The van der Waals surface area contributed by atoms with Crippen LogP contribution in [0.15, 0.2) is 46.3 Å². The molecule has 0 spiro atoms. The maximum Gasteiger partial charge on any atom is 0.0175 e. The van der Waals surface area contributed by atoms with Gasteiger partial charge in [0.2, 0.25) is 0 Å². The monoisotopic (exact) mass is 321 g/mol. The van der Waals surface area contributed by atoms with E-state index in [0.29, 0.717) is 11.8 Å². The molecular formula is C15H16BrNS. The third-order valence-electron chi connectivity index (χ3n) is 3.69. The van der Waals surface area contributed by atoms with Gasteiger partial charge >= 0.3 is 0 Å². The Hall–Kier alpha value is -0.640. The molecular weight excluding hydrogens is 306 g/mol. The third-order valence-corrected chi connectivity index (χ3v) is 5.22. The van der Waals surface area contributed by atoms with E-state index in [1.54, 1.807) is 0 Å². The Morgan fingerprint density at radius 2 is 1.94 bits per heavy atom. The van der Waals surface area contributed by atoms with E-state index in [1.807, 2.05) is 11.3 Å². The molecule has 94 valence electrons. The molecule has 0 bridgehead atoms. The van der Waals surface area contributed by atoms with Gasteiger partial charge in [-0.15, -0.1) is 11.3 Å². The number of thiophene rings is 1. The van der Waals surface area contributed by atoms with Crippen LogP contribution in [0.25, 0.3) is 0 Å². The van der Waals surface area contributed by atoms with E-state index in [2.05, 4.69) is 63.0 Å². The van der Waals surface area contributed by atoms with E-state index in [-0.39, 0.29) is 0 Å². The average molecular weight is 322 g/mol. The third kappa shape index (κ3) is 2.53. The number of nitrogens with one attached hydrogen (secondary N) is 1. The number of piperidine rings is 1. The highest BCUT2D eigenvalue weighted by Gasteiger charge is 2.28. The van der Waals surface area contributed by atoms with Crippen molar-refractivity contribution in [3.63, 3.8) is 0 Å². The smallest absolute Gasteiger partial charge is 0.0175 e. The summed E-state index contributed by atoms with van der Waals surface area (Å²) in [5.74, 6) is 1.28. The first-order chi connectivity index (χ1) is 8.84. The predicted molar refractivity (Wildman–Crippen MR) is 81.4 cm³/mol. The van der Waals surface area contributed by atoms with Crippen molar-refractivity contribution in [3.05, 3.63) is 56.7 Å². The van der Waals surface area contributed by atoms with Crippen molar-refractivity contribution in [2.45, 2.75) is 18.3 Å². The summed E-state index contributed by atoms with van der Waals surface area (Å²) in [6, 6.07) is 13.3. The topological polar surface area (TPSA) is 12.0 Å². The average Bonchev–Trinajstić information content (AvgIpc) is 2.93. The first-order valence-corrected chi connectivity index (χ1v) is 8.01. The zero-order chi connectivity index (χ0) is 12.4. The Kier molecular flexibility index (Phi) is 3.83. The second-order valence-corrected chi connectivity index (χ2v) is 6.67. The predicted octanol–water partition coefficient (Wildman–Crippen LogP) is 4.37. The summed E-state index contributed by atoms with van der Waals surface area (Å²) in [5.41, 5.74) is 1.45. The van der Waals surface area contributed by atoms with Gasteiger partial charge in [-0.05, 0) is 42.1 Å². The Bertz CT molecular complexity index is 492. The summed E-state index contributed by atoms with van der Waals surface area (Å²) in [6.07, 6.45) is 1.24. The normalized spacial score (nSPS) is 24.1. The van der Waals surface area contributed by atoms with Crippen LogP contribution >= 0.6 is 27.3 Å².